The molecule has 0 amide bonds. The topological polar surface area (TPSA) is 52.3 Å². The normalized spacial score (nSPS) is 13.8. The molecule has 0 aliphatic carbocycles. The van der Waals surface area contributed by atoms with Crippen molar-refractivity contribution in [2.24, 2.45) is 5.73 Å². The average molecular weight is 203 g/mol. The zero-order chi connectivity index (χ0) is 11.2. The van der Waals surface area contributed by atoms with Crippen LogP contribution in [0.5, 0.6) is 0 Å². The lowest BCUT2D eigenvalue weighted by atomic mass is 10.1. The van der Waals surface area contributed by atoms with E-state index in [-0.39, 0.29) is 5.97 Å². The number of carbonyl (C=O) groups is 1. The van der Waals surface area contributed by atoms with E-state index in [0.717, 1.165) is 23.9 Å². The molecule has 0 aromatic heterocycles. The average Bonchev–Trinajstić information content (AvgIpc) is 2.09. The molecule has 0 aliphatic rings. The van der Waals surface area contributed by atoms with E-state index in [1.54, 1.807) is 0 Å². The molecule has 84 valence electrons. The fraction of sp³-hybridized carbons (Fsp3) is 0.900. The van der Waals surface area contributed by atoms with Crippen LogP contribution in [0.1, 0.15) is 19.3 Å². The fourth-order valence-electron chi connectivity index (χ4n) is 1.22. The summed E-state index contributed by atoms with van der Waals surface area (Å²) in [6.07, 6.45) is 2.78. The first-order valence-corrected chi connectivity index (χ1v) is 5.00. The second kappa shape index (κ2) is 5.98. The number of hydrogen-bond donors (Lipinski definition) is 1. The van der Waals surface area contributed by atoms with Crippen molar-refractivity contribution in [1.82, 2.24) is 0 Å². The summed E-state index contributed by atoms with van der Waals surface area (Å²) in [7, 11) is 7.83. The Bertz CT molecular complexity index is 175. The number of nitrogens with zero attached hydrogens (tertiary/aromatic N) is 1. The number of ether oxygens (including phenoxy) is 1. The van der Waals surface area contributed by atoms with Gasteiger partial charge in [-0.15, -0.1) is 0 Å². The van der Waals surface area contributed by atoms with Gasteiger partial charge in [0.2, 0.25) is 0 Å². The predicted molar refractivity (Wildman–Crippen MR) is 56.7 cm³/mol. The number of methoxy groups -OCH3 is 1. The molecule has 4 heteroatoms. The SMILES string of the molecule is COC(=O)C(N)CCCC[N+](C)(C)C. The summed E-state index contributed by atoms with van der Waals surface area (Å²) in [5, 5.41) is 0. The minimum absolute atomic E-state index is 0.310. The Morgan fingerprint density at radius 2 is 1.93 bits per heavy atom. The smallest absolute Gasteiger partial charge is 0.322 e. The molecule has 1 atom stereocenters. The van der Waals surface area contributed by atoms with Crippen molar-refractivity contribution in [2.75, 3.05) is 34.8 Å². The summed E-state index contributed by atoms with van der Waals surface area (Å²) in [6, 6.07) is -0.451. The standard InChI is InChI=1S/C10H23N2O2/c1-12(2,3)8-6-5-7-9(11)10(13)14-4/h9H,5-8,11H2,1-4H3/q+1. The molecule has 2 N–H and O–H groups in total. The van der Waals surface area contributed by atoms with Crippen LogP contribution < -0.4 is 5.73 Å². The van der Waals surface area contributed by atoms with Crippen LogP contribution in [0, 0.1) is 0 Å². The van der Waals surface area contributed by atoms with Gasteiger partial charge in [0.25, 0.3) is 0 Å². The van der Waals surface area contributed by atoms with Gasteiger partial charge in [0, 0.05) is 0 Å². The summed E-state index contributed by atoms with van der Waals surface area (Å²) in [5.41, 5.74) is 5.60. The number of nitrogens with two attached hydrogens (primary N) is 1. The lowest BCUT2D eigenvalue weighted by Crippen LogP contribution is -2.36. The van der Waals surface area contributed by atoms with Crippen LogP contribution in [0.15, 0.2) is 0 Å². The molecule has 4 nitrogen and oxygen atoms in total. The van der Waals surface area contributed by atoms with Gasteiger partial charge in [-0.25, -0.2) is 0 Å². The van der Waals surface area contributed by atoms with Crippen molar-refractivity contribution < 1.29 is 14.0 Å². The van der Waals surface area contributed by atoms with Gasteiger partial charge >= 0.3 is 5.97 Å². The second-order valence-electron chi connectivity index (χ2n) is 4.64. The highest BCUT2D eigenvalue weighted by Gasteiger charge is 2.13. The quantitative estimate of drug-likeness (QED) is 0.385. The Morgan fingerprint density at radius 1 is 1.36 bits per heavy atom. The van der Waals surface area contributed by atoms with Crippen LogP contribution in [-0.2, 0) is 9.53 Å². The minimum Gasteiger partial charge on any atom is -0.468 e. The third-order valence-electron chi connectivity index (χ3n) is 2.10. The molecule has 0 aromatic carbocycles. The predicted octanol–water partition coefficient (Wildman–Crippen LogP) is 0.363. The Hall–Kier alpha value is -0.610. The highest BCUT2D eigenvalue weighted by atomic mass is 16.5. The first kappa shape index (κ1) is 13.4. The molecule has 0 spiro atoms. The number of unbranched alkanes of at least 4 members (excludes halogenated alkanes) is 1. The van der Waals surface area contributed by atoms with Gasteiger partial charge < -0.3 is 15.0 Å². The second-order valence-corrected chi connectivity index (χ2v) is 4.64. The molecule has 0 heterocycles. The molecule has 0 aliphatic heterocycles. The van der Waals surface area contributed by atoms with E-state index in [0.29, 0.717) is 6.42 Å². The summed E-state index contributed by atoms with van der Waals surface area (Å²) >= 11 is 0. The van der Waals surface area contributed by atoms with Gasteiger partial charge in [-0.2, -0.15) is 0 Å². The maximum absolute atomic E-state index is 11.0. The number of hydrogen-bond acceptors (Lipinski definition) is 3. The summed E-state index contributed by atoms with van der Waals surface area (Å²) in [5.74, 6) is -0.310. The van der Waals surface area contributed by atoms with E-state index >= 15 is 0 Å². The van der Waals surface area contributed by atoms with Crippen molar-refractivity contribution in [3.63, 3.8) is 0 Å². The lowest BCUT2D eigenvalue weighted by Gasteiger charge is -2.23. The number of carbonyl (C=O) groups excluding carboxylic acids is 1. The first-order valence-electron chi connectivity index (χ1n) is 5.00. The highest BCUT2D eigenvalue weighted by molar-refractivity contribution is 5.75. The molecular formula is C10H23N2O2+. The summed E-state index contributed by atoms with van der Waals surface area (Å²) in [6.45, 7) is 1.11. The number of esters is 1. The number of quaternary nitrogens is 1. The molecule has 0 fully saturated rings. The monoisotopic (exact) mass is 203 g/mol. The van der Waals surface area contributed by atoms with E-state index in [1.165, 1.54) is 7.11 Å². The van der Waals surface area contributed by atoms with Crippen molar-refractivity contribution in [3.05, 3.63) is 0 Å². The van der Waals surface area contributed by atoms with Crippen LogP contribution in [-0.4, -0.2) is 51.3 Å². The van der Waals surface area contributed by atoms with Crippen molar-refractivity contribution in [3.8, 4) is 0 Å². The Morgan fingerprint density at radius 3 is 2.36 bits per heavy atom. The van der Waals surface area contributed by atoms with Crippen molar-refractivity contribution >= 4 is 5.97 Å². The van der Waals surface area contributed by atoms with Crippen molar-refractivity contribution in [2.45, 2.75) is 25.3 Å². The molecule has 0 saturated carbocycles. The Kier molecular flexibility index (Phi) is 5.72. The van der Waals surface area contributed by atoms with Crippen LogP contribution in [0.2, 0.25) is 0 Å². The van der Waals surface area contributed by atoms with Crippen molar-refractivity contribution in [1.29, 1.82) is 0 Å². The number of rotatable bonds is 6. The van der Waals surface area contributed by atoms with E-state index in [9.17, 15) is 4.79 Å². The van der Waals surface area contributed by atoms with E-state index in [1.807, 2.05) is 0 Å². The van der Waals surface area contributed by atoms with Gasteiger partial charge in [-0.1, -0.05) is 0 Å². The lowest BCUT2D eigenvalue weighted by molar-refractivity contribution is -0.870. The Balaban J connectivity index is 3.50. The third-order valence-corrected chi connectivity index (χ3v) is 2.10. The minimum atomic E-state index is -0.451. The van der Waals surface area contributed by atoms with Crippen LogP contribution in [0.4, 0.5) is 0 Å². The molecule has 0 bridgehead atoms. The largest absolute Gasteiger partial charge is 0.468 e. The van der Waals surface area contributed by atoms with Gasteiger partial charge in [0.15, 0.2) is 0 Å². The summed E-state index contributed by atoms with van der Waals surface area (Å²) in [4.78, 5) is 11.0. The van der Waals surface area contributed by atoms with Crippen LogP contribution >= 0.6 is 0 Å². The molecule has 0 aromatic rings. The maximum Gasteiger partial charge on any atom is 0.322 e. The molecule has 1 unspecified atom stereocenters. The van der Waals surface area contributed by atoms with Gasteiger partial charge in [0.1, 0.15) is 6.04 Å². The van der Waals surface area contributed by atoms with Crippen LogP contribution in [0.3, 0.4) is 0 Å². The summed E-state index contributed by atoms with van der Waals surface area (Å²) < 4.78 is 5.49. The third kappa shape index (κ3) is 6.86. The molecule has 0 radical (unpaired) electrons. The highest BCUT2D eigenvalue weighted by Crippen LogP contribution is 2.03. The zero-order valence-electron chi connectivity index (χ0n) is 9.75. The van der Waals surface area contributed by atoms with E-state index in [4.69, 9.17) is 5.73 Å². The van der Waals surface area contributed by atoms with Gasteiger partial charge in [0.05, 0.1) is 34.8 Å². The first-order chi connectivity index (χ1) is 6.37. The van der Waals surface area contributed by atoms with E-state index in [2.05, 4.69) is 25.9 Å². The zero-order valence-corrected chi connectivity index (χ0v) is 9.75. The molecular weight excluding hydrogens is 180 g/mol. The maximum atomic E-state index is 11.0. The van der Waals surface area contributed by atoms with Gasteiger partial charge in [-0.3, -0.25) is 4.79 Å². The van der Waals surface area contributed by atoms with E-state index < -0.39 is 6.04 Å². The van der Waals surface area contributed by atoms with Gasteiger partial charge in [-0.05, 0) is 19.3 Å². The molecule has 14 heavy (non-hydrogen) atoms. The van der Waals surface area contributed by atoms with Crippen LogP contribution in [0.25, 0.3) is 0 Å². The Labute approximate surface area is 86.6 Å². The molecule has 0 saturated heterocycles. The fourth-order valence-corrected chi connectivity index (χ4v) is 1.22. The molecule has 0 rings (SSSR count).